The van der Waals surface area contributed by atoms with E-state index in [1.807, 2.05) is 42.3 Å². The minimum absolute atomic E-state index is 0. The molecule has 1 saturated heterocycles. The van der Waals surface area contributed by atoms with E-state index in [1.165, 1.54) is 0 Å². The summed E-state index contributed by atoms with van der Waals surface area (Å²) in [5.74, 6) is 0.849. The molecule has 25 heavy (non-hydrogen) atoms. The van der Waals surface area contributed by atoms with Crippen LogP contribution < -0.4 is 5.32 Å². The molecule has 1 fully saturated rings. The smallest absolute Gasteiger partial charge is 0.224 e. The summed E-state index contributed by atoms with van der Waals surface area (Å²) in [5, 5.41) is 3.21. The van der Waals surface area contributed by atoms with Gasteiger partial charge in [0.15, 0.2) is 0 Å². The normalized spacial score (nSPS) is 14.7. The molecule has 0 saturated carbocycles. The molecule has 5 nitrogen and oxygen atoms in total. The predicted octanol–water partition coefficient (Wildman–Crippen LogP) is 2.31. The van der Waals surface area contributed by atoms with Gasteiger partial charge in [0.2, 0.25) is 11.8 Å². The van der Waals surface area contributed by atoms with Crippen molar-refractivity contribution >= 4 is 24.2 Å². The molecule has 6 heteroatoms. The van der Waals surface area contributed by atoms with Crippen molar-refractivity contribution in [3.8, 4) is 0 Å². The molecular weight excluding hydrogens is 338 g/mol. The Morgan fingerprint density at radius 1 is 1.20 bits per heavy atom. The standard InChI is InChI=1S/C19H29N3O2.ClH/c1-16(23)22(15-18-6-4-3-5-7-18)13-10-19(24)21-11-8-17(9-12-21)14-20-2;/h3-7,17,20H,8-15H2,1-2H3;1H. The summed E-state index contributed by atoms with van der Waals surface area (Å²) in [7, 11) is 1.97. The molecule has 0 spiro atoms. The molecule has 1 aromatic rings. The van der Waals surface area contributed by atoms with Crippen molar-refractivity contribution in [1.29, 1.82) is 0 Å². The van der Waals surface area contributed by atoms with Gasteiger partial charge in [-0.25, -0.2) is 0 Å². The zero-order valence-corrected chi connectivity index (χ0v) is 16.1. The molecule has 1 aliphatic heterocycles. The molecule has 0 radical (unpaired) electrons. The molecular formula is C19H30ClN3O2. The van der Waals surface area contributed by atoms with Gasteiger partial charge in [-0.1, -0.05) is 30.3 Å². The molecule has 140 valence electrons. The third-order valence-electron chi connectivity index (χ3n) is 4.72. The lowest BCUT2D eigenvalue weighted by Gasteiger charge is -2.32. The second kappa shape index (κ2) is 11.1. The fourth-order valence-corrected chi connectivity index (χ4v) is 3.22. The van der Waals surface area contributed by atoms with Gasteiger partial charge >= 0.3 is 0 Å². The molecule has 1 aliphatic rings. The van der Waals surface area contributed by atoms with E-state index < -0.39 is 0 Å². The van der Waals surface area contributed by atoms with Gasteiger partial charge in [-0.15, -0.1) is 12.4 Å². The number of carbonyl (C=O) groups excluding carboxylic acids is 2. The minimum atomic E-state index is 0. The highest BCUT2D eigenvalue weighted by Crippen LogP contribution is 2.17. The number of hydrogen-bond donors (Lipinski definition) is 1. The lowest BCUT2D eigenvalue weighted by atomic mass is 9.96. The second-order valence-corrected chi connectivity index (χ2v) is 6.56. The summed E-state index contributed by atoms with van der Waals surface area (Å²) in [5.41, 5.74) is 1.09. The number of carbonyl (C=O) groups is 2. The van der Waals surface area contributed by atoms with Crippen molar-refractivity contribution in [3.63, 3.8) is 0 Å². The quantitative estimate of drug-likeness (QED) is 0.804. The van der Waals surface area contributed by atoms with Crippen LogP contribution in [-0.4, -0.2) is 54.8 Å². The number of halogens is 1. The summed E-state index contributed by atoms with van der Waals surface area (Å²) < 4.78 is 0. The zero-order valence-electron chi connectivity index (χ0n) is 15.2. The Hall–Kier alpha value is -1.59. The minimum Gasteiger partial charge on any atom is -0.343 e. The first kappa shape index (κ1) is 21.5. The van der Waals surface area contributed by atoms with E-state index in [0.717, 1.165) is 38.0 Å². The highest BCUT2D eigenvalue weighted by molar-refractivity contribution is 5.85. The first-order valence-electron chi connectivity index (χ1n) is 8.82. The number of rotatable bonds is 7. The van der Waals surface area contributed by atoms with Crippen LogP contribution in [0.2, 0.25) is 0 Å². The molecule has 0 unspecified atom stereocenters. The highest BCUT2D eigenvalue weighted by atomic mass is 35.5. The van der Waals surface area contributed by atoms with Crippen LogP contribution in [0.15, 0.2) is 30.3 Å². The van der Waals surface area contributed by atoms with E-state index in [4.69, 9.17) is 0 Å². The van der Waals surface area contributed by atoms with E-state index in [2.05, 4.69) is 5.32 Å². The van der Waals surface area contributed by atoms with E-state index in [-0.39, 0.29) is 24.2 Å². The average molecular weight is 368 g/mol. The Morgan fingerprint density at radius 3 is 2.40 bits per heavy atom. The van der Waals surface area contributed by atoms with Gasteiger partial charge in [0.25, 0.3) is 0 Å². The van der Waals surface area contributed by atoms with Gasteiger partial charge in [0.1, 0.15) is 0 Å². The molecule has 0 atom stereocenters. The molecule has 0 aliphatic carbocycles. The van der Waals surface area contributed by atoms with Gasteiger partial charge < -0.3 is 15.1 Å². The Labute approximate surface area is 157 Å². The Balaban J connectivity index is 0.00000312. The van der Waals surface area contributed by atoms with E-state index in [0.29, 0.717) is 25.4 Å². The van der Waals surface area contributed by atoms with Crippen molar-refractivity contribution in [3.05, 3.63) is 35.9 Å². The van der Waals surface area contributed by atoms with Crippen LogP contribution in [0.4, 0.5) is 0 Å². The third-order valence-corrected chi connectivity index (χ3v) is 4.72. The van der Waals surface area contributed by atoms with Crippen LogP contribution in [0.3, 0.4) is 0 Å². The van der Waals surface area contributed by atoms with Crippen molar-refractivity contribution in [1.82, 2.24) is 15.1 Å². The van der Waals surface area contributed by atoms with Crippen molar-refractivity contribution in [2.45, 2.75) is 32.7 Å². The van der Waals surface area contributed by atoms with E-state index >= 15 is 0 Å². The summed E-state index contributed by atoms with van der Waals surface area (Å²) in [6.45, 7) is 5.31. The summed E-state index contributed by atoms with van der Waals surface area (Å²) >= 11 is 0. The van der Waals surface area contributed by atoms with Gasteiger partial charge in [-0.2, -0.15) is 0 Å². The SMILES string of the molecule is CNCC1CCN(C(=O)CCN(Cc2ccccc2)C(C)=O)CC1.Cl. The maximum Gasteiger partial charge on any atom is 0.224 e. The van der Waals surface area contributed by atoms with Crippen molar-refractivity contribution in [2.24, 2.45) is 5.92 Å². The predicted molar refractivity (Wildman–Crippen MR) is 103 cm³/mol. The fourth-order valence-electron chi connectivity index (χ4n) is 3.22. The van der Waals surface area contributed by atoms with Crippen molar-refractivity contribution < 1.29 is 9.59 Å². The van der Waals surface area contributed by atoms with Gasteiger partial charge in [0, 0.05) is 39.5 Å². The fraction of sp³-hybridized carbons (Fsp3) is 0.579. The highest BCUT2D eigenvalue weighted by Gasteiger charge is 2.22. The van der Waals surface area contributed by atoms with Gasteiger partial charge in [-0.05, 0) is 37.9 Å². The van der Waals surface area contributed by atoms with Crippen LogP contribution >= 0.6 is 12.4 Å². The largest absolute Gasteiger partial charge is 0.343 e. The van der Waals surface area contributed by atoms with Crippen LogP contribution in [0.5, 0.6) is 0 Å². The number of benzene rings is 1. The lowest BCUT2D eigenvalue weighted by Crippen LogP contribution is -2.42. The van der Waals surface area contributed by atoms with Gasteiger partial charge in [0.05, 0.1) is 0 Å². The Bertz CT molecular complexity index is 531. The maximum atomic E-state index is 12.4. The van der Waals surface area contributed by atoms with Gasteiger partial charge in [-0.3, -0.25) is 9.59 Å². The van der Waals surface area contributed by atoms with Crippen molar-refractivity contribution in [2.75, 3.05) is 33.2 Å². The molecule has 2 rings (SSSR count). The number of piperidine rings is 1. The second-order valence-electron chi connectivity index (χ2n) is 6.56. The Morgan fingerprint density at radius 2 is 1.84 bits per heavy atom. The molecule has 0 bridgehead atoms. The number of nitrogens with zero attached hydrogens (tertiary/aromatic N) is 2. The lowest BCUT2D eigenvalue weighted by molar-refractivity contribution is -0.134. The number of hydrogen-bond acceptors (Lipinski definition) is 3. The Kier molecular flexibility index (Phi) is 9.53. The van der Waals surface area contributed by atoms with E-state index in [9.17, 15) is 9.59 Å². The first-order chi connectivity index (χ1) is 11.6. The maximum absolute atomic E-state index is 12.4. The summed E-state index contributed by atoms with van der Waals surface area (Å²) in [6.07, 6.45) is 2.53. The van der Waals surface area contributed by atoms with Crippen LogP contribution in [0.25, 0.3) is 0 Å². The monoisotopic (exact) mass is 367 g/mol. The number of likely N-dealkylation sites (tertiary alicyclic amines) is 1. The van der Waals surface area contributed by atoms with Crippen LogP contribution in [0, 0.1) is 5.92 Å². The number of nitrogens with one attached hydrogen (secondary N) is 1. The average Bonchev–Trinajstić information content (AvgIpc) is 2.60. The van der Waals surface area contributed by atoms with E-state index in [1.54, 1.807) is 11.8 Å². The third kappa shape index (κ3) is 7.04. The zero-order chi connectivity index (χ0) is 17.4. The molecule has 2 amide bonds. The summed E-state index contributed by atoms with van der Waals surface area (Å²) in [4.78, 5) is 28.0. The molecule has 1 aromatic carbocycles. The van der Waals surface area contributed by atoms with Crippen LogP contribution in [-0.2, 0) is 16.1 Å². The topological polar surface area (TPSA) is 52.7 Å². The number of amides is 2. The molecule has 1 heterocycles. The van der Waals surface area contributed by atoms with Crippen LogP contribution in [0.1, 0.15) is 31.7 Å². The molecule has 1 N–H and O–H groups in total. The summed E-state index contributed by atoms with van der Waals surface area (Å²) in [6, 6.07) is 9.90. The molecule has 0 aromatic heterocycles. The first-order valence-corrected chi connectivity index (χ1v) is 8.82.